The minimum atomic E-state index is -2.19. The molecule has 0 aromatic rings. The molecule has 2 rings (SSSR count). The zero-order chi connectivity index (χ0) is 20.4. The van der Waals surface area contributed by atoms with E-state index in [4.69, 9.17) is 10.8 Å². The van der Waals surface area contributed by atoms with E-state index in [1.54, 1.807) is 0 Å². The number of piperidine rings is 1. The van der Waals surface area contributed by atoms with Crippen molar-refractivity contribution in [2.24, 2.45) is 5.73 Å². The molecule has 0 aromatic heterocycles. The molecule has 0 aromatic carbocycles. The van der Waals surface area contributed by atoms with Gasteiger partial charge in [-0.15, -0.1) is 0 Å². The number of aliphatic hydroxyl groups is 1. The van der Waals surface area contributed by atoms with E-state index >= 15 is 0 Å². The highest BCUT2D eigenvalue weighted by molar-refractivity contribution is 8.00. The summed E-state index contributed by atoms with van der Waals surface area (Å²) in [4.78, 5) is 58.9. The molecule has 2 aliphatic rings. The zero-order valence-electron chi connectivity index (χ0n) is 14.3. The third-order valence-corrected chi connectivity index (χ3v) is 6.35. The van der Waals surface area contributed by atoms with E-state index < -0.39 is 52.7 Å². The molecule has 0 radical (unpaired) electrons. The Bertz CT molecular complexity index is 686. The van der Waals surface area contributed by atoms with E-state index in [0.29, 0.717) is 0 Å². The Morgan fingerprint density at radius 2 is 1.93 bits per heavy atom. The van der Waals surface area contributed by atoms with Crippen LogP contribution in [0.3, 0.4) is 0 Å². The van der Waals surface area contributed by atoms with Crippen LogP contribution in [-0.2, 0) is 24.0 Å². The van der Waals surface area contributed by atoms with Gasteiger partial charge in [0.25, 0.3) is 0 Å². The van der Waals surface area contributed by atoms with Crippen LogP contribution in [0, 0.1) is 0 Å². The molecule has 1 aliphatic carbocycles. The van der Waals surface area contributed by atoms with Crippen molar-refractivity contribution < 1.29 is 39.3 Å². The number of nitrogens with one attached hydrogen (secondary N) is 2. The van der Waals surface area contributed by atoms with E-state index in [9.17, 15) is 34.2 Å². The highest BCUT2D eigenvalue weighted by atomic mass is 32.2. The third kappa shape index (κ3) is 4.06. The maximum Gasteiger partial charge on any atom is 0.326 e. The largest absolute Gasteiger partial charge is 0.480 e. The number of carboxylic acids is 2. The highest BCUT2D eigenvalue weighted by Gasteiger charge is 2.62. The van der Waals surface area contributed by atoms with Crippen LogP contribution in [0.25, 0.3) is 0 Å². The molecule has 1 aliphatic heterocycles. The van der Waals surface area contributed by atoms with Crippen molar-refractivity contribution in [2.75, 3.05) is 12.3 Å². The van der Waals surface area contributed by atoms with Crippen LogP contribution >= 0.6 is 11.8 Å². The van der Waals surface area contributed by atoms with Crippen molar-refractivity contribution >= 4 is 41.3 Å². The van der Waals surface area contributed by atoms with Gasteiger partial charge in [-0.1, -0.05) is 0 Å². The number of carbonyl (C=O) groups is 5. The fourth-order valence-corrected chi connectivity index (χ4v) is 4.78. The van der Waals surface area contributed by atoms with Gasteiger partial charge in [0.15, 0.2) is 5.54 Å². The van der Waals surface area contributed by atoms with Gasteiger partial charge in [0.1, 0.15) is 17.9 Å². The second kappa shape index (κ2) is 7.82. The minimum absolute atomic E-state index is 0.0389. The number of carbonyl (C=O) groups excluding carboxylic acids is 3. The van der Waals surface area contributed by atoms with Gasteiger partial charge in [-0.3, -0.25) is 24.0 Å². The molecule has 1 saturated carbocycles. The number of thioether (sulfide) groups is 1. The lowest BCUT2D eigenvalue weighted by molar-refractivity contribution is -0.155. The number of ketones is 1. The maximum absolute atomic E-state index is 12.8. The Balaban J connectivity index is 2.35. The molecular formula is C15H21N3O8S. The Kier molecular flexibility index (Phi) is 6.12. The summed E-state index contributed by atoms with van der Waals surface area (Å²) in [5, 5.41) is 32.2. The molecule has 4 unspecified atom stereocenters. The number of hydrogen-bond acceptors (Lipinski definition) is 8. The van der Waals surface area contributed by atoms with Gasteiger partial charge in [-0.2, -0.15) is 11.8 Å². The monoisotopic (exact) mass is 403 g/mol. The number of hydrogen-bond donors (Lipinski definition) is 6. The topological polar surface area (TPSA) is 196 Å². The summed E-state index contributed by atoms with van der Waals surface area (Å²) in [6.45, 7) is -0.790. The molecule has 2 amide bonds. The summed E-state index contributed by atoms with van der Waals surface area (Å²) in [7, 11) is 0. The Morgan fingerprint density at radius 3 is 2.44 bits per heavy atom. The van der Waals surface area contributed by atoms with Crippen molar-refractivity contribution in [2.45, 2.75) is 48.1 Å². The number of aliphatic hydroxyl groups excluding tert-OH is 1. The number of carboxylic acid groups (broad SMARTS) is 2. The Labute approximate surface area is 158 Å². The molecule has 150 valence electrons. The van der Waals surface area contributed by atoms with Crippen LogP contribution in [0.1, 0.15) is 25.7 Å². The summed E-state index contributed by atoms with van der Waals surface area (Å²) in [5.74, 6) is -5.06. The zero-order valence-corrected chi connectivity index (χ0v) is 15.1. The summed E-state index contributed by atoms with van der Waals surface area (Å²) in [5.41, 5.74) is 1.70. The average Bonchev–Trinajstić information content (AvgIpc) is 2.90. The molecule has 12 heteroatoms. The summed E-state index contributed by atoms with van der Waals surface area (Å²) >= 11 is 0.948. The van der Waals surface area contributed by atoms with Gasteiger partial charge in [0.05, 0.1) is 6.10 Å². The van der Waals surface area contributed by atoms with Crippen LogP contribution in [0.5, 0.6) is 0 Å². The lowest BCUT2D eigenvalue weighted by atomic mass is 9.71. The van der Waals surface area contributed by atoms with E-state index in [1.165, 1.54) is 0 Å². The number of rotatable bonds is 7. The van der Waals surface area contributed by atoms with Crippen molar-refractivity contribution in [1.29, 1.82) is 0 Å². The predicted octanol–water partition coefficient (Wildman–Crippen LogP) is -2.56. The molecular weight excluding hydrogens is 382 g/mol. The summed E-state index contributed by atoms with van der Waals surface area (Å²) in [6.07, 6.45) is -1.52. The van der Waals surface area contributed by atoms with Crippen LogP contribution in [0.4, 0.5) is 0 Å². The first kappa shape index (κ1) is 21.1. The fourth-order valence-electron chi connectivity index (χ4n) is 3.23. The van der Waals surface area contributed by atoms with Crippen LogP contribution < -0.4 is 16.4 Å². The molecule has 1 heterocycles. The quantitative estimate of drug-likeness (QED) is 0.263. The predicted molar refractivity (Wildman–Crippen MR) is 91.8 cm³/mol. The summed E-state index contributed by atoms with van der Waals surface area (Å²) in [6, 6.07) is 0. The number of aliphatic carboxylic acids is 2. The van der Waals surface area contributed by atoms with Crippen molar-refractivity contribution in [3.8, 4) is 0 Å². The Morgan fingerprint density at radius 1 is 1.26 bits per heavy atom. The standard InChI is InChI=1S/C15H21N3O8S/c16-14(13(25)26)2-1-10(21)18-15(14,12(24)17-5-11(22)23)6-27-9-4-7(19)3-8(9)20/h8-9,20H,1-6,16H2,(H,17,24)(H,18,21)(H,22,23)(H,25,26). The van der Waals surface area contributed by atoms with E-state index in [1.807, 2.05) is 0 Å². The van der Waals surface area contributed by atoms with Crippen molar-refractivity contribution in [3.05, 3.63) is 0 Å². The normalized spacial score (nSPS) is 33.4. The van der Waals surface area contributed by atoms with E-state index in [2.05, 4.69) is 10.6 Å². The van der Waals surface area contributed by atoms with Gasteiger partial charge in [0, 0.05) is 30.3 Å². The molecule has 4 atom stereocenters. The lowest BCUT2D eigenvalue weighted by Crippen LogP contribution is -2.81. The number of nitrogens with two attached hydrogens (primary N) is 1. The van der Waals surface area contributed by atoms with Gasteiger partial charge in [0.2, 0.25) is 11.8 Å². The van der Waals surface area contributed by atoms with Crippen LogP contribution in [0.15, 0.2) is 0 Å². The first-order valence-electron chi connectivity index (χ1n) is 8.16. The molecule has 27 heavy (non-hydrogen) atoms. The molecule has 11 nitrogen and oxygen atoms in total. The van der Waals surface area contributed by atoms with Gasteiger partial charge >= 0.3 is 11.9 Å². The number of Topliss-reactive ketones (excluding diaryl/α,β-unsaturated/α-hetero) is 1. The second-order valence-corrected chi connectivity index (χ2v) is 7.90. The van der Waals surface area contributed by atoms with Gasteiger partial charge in [-0.05, 0) is 6.42 Å². The van der Waals surface area contributed by atoms with Crippen LogP contribution in [-0.4, -0.2) is 79.6 Å². The van der Waals surface area contributed by atoms with Gasteiger partial charge in [-0.25, -0.2) is 0 Å². The molecule has 1 saturated heterocycles. The highest BCUT2D eigenvalue weighted by Crippen LogP contribution is 2.37. The number of amides is 2. The van der Waals surface area contributed by atoms with Crippen molar-refractivity contribution in [3.63, 3.8) is 0 Å². The van der Waals surface area contributed by atoms with E-state index in [0.717, 1.165) is 11.8 Å². The molecule has 2 fully saturated rings. The SMILES string of the molecule is NC1(C(=O)O)CCC(=O)NC1(CSC1CC(=O)CC1O)C(=O)NCC(=O)O. The Hall–Kier alpha value is -2.18. The maximum atomic E-state index is 12.8. The van der Waals surface area contributed by atoms with Crippen molar-refractivity contribution in [1.82, 2.24) is 10.6 Å². The third-order valence-electron chi connectivity index (χ3n) is 4.84. The fraction of sp³-hybridized carbons (Fsp3) is 0.667. The average molecular weight is 403 g/mol. The first-order valence-corrected chi connectivity index (χ1v) is 9.21. The molecule has 7 N–H and O–H groups in total. The molecule has 0 spiro atoms. The molecule has 0 bridgehead atoms. The minimum Gasteiger partial charge on any atom is -0.480 e. The smallest absolute Gasteiger partial charge is 0.326 e. The van der Waals surface area contributed by atoms with Crippen LogP contribution in [0.2, 0.25) is 0 Å². The lowest BCUT2D eigenvalue weighted by Gasteiger charge is -2.47. The first-order chi connectivity index (χ1) is 12.5. The second-order valence-electron chi connectivity index (χ2n) is 6.67. The summed E-state index contributed by atoms with van der Waals surface area (Å²) < 4.78 is 0. The van der Waals surface area contributed by atoms with Gasteiger partial charge < -0.3 is 31.7 Å². The van der Waals surface area contributed by atoms with E-state index in [-0.39, 0.29) is 37.2 Å².